The second-order valence-corrected chi connectivity index (χ2v) is 6.40. The molecule has 1 aliphatic heterocycles. The molecule has 1 saturated heterocycles. The van der Waals surface area contributed by atoms with Gasteiger partial charge in [-0.05, 0) is 38.8 Å². The van der Waals surface area contributed by atoms with Crippen LogP contribution in [0.5, 0.6) is 0 Å². The van der Waals surface area contributed by atoms with E-state index < -0.39 is 0 Å². The normalized spacial score (nSPS) is 22.3. The Morgan fingerprint density at radius 1 is 1.48 bits per heavy atom. The third-order valence-electron chi connectivity index (χ3n) is 4.01. The van der Waals surface area contributed by atoms with E-state index in [-0.39, 0.29) is 6.10 Å². The molecule has 0 saturated carbocycles. The van der Waals surface area contributed by atoms with Gasteiger partial charge in [-0.15, -0.1) is 11.3 Å². The fraction of sp³-hybridized carbons (Fsp3) is 0.600. The van der Waals surface area contributed by atoms with Crippen LogP contribution in [0.4, 0.5) is 5.82 Å². The van der Waals surface area contributed by atoms with Crippen molar-refractivity contribution in [2.45, 2.75) is 39.0 Å². The van der Waals surface area contributed by atoms with Crippen LogP contribution in [-0.2, 0) is 11.3 Å². The van der Waals surface area contributed by atoms with Crippen molar-refractivity contribution in [3.63, 3.8) is 0 Å². The highest BCUT2D eigenvalue weighted by Crippen LogP contribution is 2.26. The van der Waals surface area contributed by atoms with E-state index in [1.165, 1.54) is 0 Å². The van der Waals surface area contributed by atoms with Gasteiger partial charge in [0.1, 0.15) is 16.5 Å². The molecular weight excluding hydrogens is 284 g/mol. The molecule has 0 aliphatic carbocycles. The Kier molecular flexibility index (Phi) is 4.37. The number of rotatable bonds is 5. The largest absolute Gasteiger partial charge is 0.377 e. The van der Waals surface area contributed by atoms with Crippen LogP contribution in [0.1, 0.15) is 26.1 Å². The van der Waals surface area contributed by atoms with E-state index in [4.69, 9.17) is 14.7 Å². The van der Waals surface area contributed by atoms with Crippen molar-refractivity contribution in [3.8, 4) is 0 Å². The Bertz CT molecular complexity index is 615. The average molecular weight is 306 g/mol. The topological polar surface area (TPSA) is 50.3 Å². The SMILES string of the molecule is CCNc1nc(CN(C)C2CCOC2C)nc2sccc12. The van der Waals surface area contributed by atoms with Crippen LogP contribution in [-0.4, -0.2) is 47.2 Å². The fourth-order valence-corrected chi connectivity index (χ4v) is 3.69. The maximum Gasteiger partial charge on any atom is 0.146 e. The molecule has 0 spiro atoms. The van der Waals surface area contributed by atoms with Crippen LogP contribution in [0.3, 0.4) is 0 Å². The third kappa shape index (κ3) is 3.02. The summed E-state index contributed by atoms with van der Waals surface area (Å²) in [6.07, 6.45) is 1.37. The highest BCUT2D eigenvalue weighted by Gasteiger charge is 2.28. The number of anilines is 1. The Labute approximate surface area is 129 Å². The highest BCUT2D eigenvalue weighted by molar-refractivity contribution is 7.16. The van der Waals surface area contributed by atoms with Crippen LogP contribution in [0.2, 0.25) is 0 Å². The lowest BCUT2D eigenvalue weighted by molar-refractivity contribution is 0.0806. The van der Waals surface area contributed by atoms with Crippen LogP contribution in [0, 0.1) is 0 Å². The molecular formula is C15H22N4OS. The van der Waals surface area contributed by atoms with Gasteiger partial charge in [0.2, 0.25) is 0 Å². The molecule has 6 heteroatoms. The number of fused-ring (bicyclic) bond motifs is 1. The maximum absolute atomic E-state index is 5.65. The molecule has 0 radical (unpaired) electrons. The number of hydrogen-bond acceptors (Lipinski definition) is 6. The van der Waals surface area contributed by atoms with Gasteiger partial charge >= 0.3 is 0 Å². The van der Waals surface area contributed by atoms with Crippen molar-refractivity contribution in [3.05, 3.63) is 17.3 Å². The smallest absolute Gasteiger partial charge is 0.146 e. The van der Waals surface area contributed by atoms with Crippen molar-refractivity contribution in [1.82, 2.24) is 14.9 Å². The summed E-state index contributed by atoms with van der Waals surface area (Å²) in [6, 6.07) is 2.54. The van der Waals surface area contributed by atoms with E-state index in [2.05, 4.69) is 42.6 Å². The van der Waals surface area contributed by atoms with Gasteiger partial charge < -0.3 is 10.1 Å². The average Bonchev–Trinajstić information content (AvgIpc) is 3.07. The second kappa shape index (κ2) is 6.25. The summed E-state index contributed by atoms with van der Waals surface area (Å²) in [7, 11) is 2.13. The van der Waals surface area contributed by atoms with E-state index in [1.54, 1.807) is 11.3 Å². The Hall–Kier alpha value is -1.24. The van der Waals surface area contributed by atoms with Gasteiger partial charge in [-0.1, -0.05) is 0 Å². The van der Waals surface area contributed by atoms with Gasteiger partial charge in [-0.3, -0.25) is 4.90 Å². The van der Waals surface area contributed by atoms with E-state index in [0.717, 1.165) is 48.0 Å². The van der Waals surface area contributed by atoms with Crippen molar-refractivity contribution in [2.24, 2.45) is 0 Å². The maximum atomic E-state index is 5.65. The molecule has 5 nitrogen and oxygen atoms in total. The standard InChI is InChI=1S/C15H22N4OS/c1-4-16-14-11-6-8-21-15(11)18-13(17-14)9-19(3)12-5-7-20-10(12)2/h6,8,10,12H,4-5,7,9H2,1-3H3,(H,16,17,18). The minimum Gasteiger partial charge on any atom is -0.377 e. The van der Waals surface area contributed by atoms with E-state index in [0.29, 0.717) is 6.04 Å². The van der Waals surface area contributed by atoms with Crippen LogP contribution < -0.4 is 5.32 Å². The number of ether oxygens (including phenoxy) is 1. The molecule has 1 aliphatic rings. The van der Waals surface area contributed by atoms with Crippen molar-refractivity contribution in [2.75, 3.05) is 25.5 Å². The summed E-state index contributed by atoms with van der Waals surface area (Å²) < 4.78 is 5.65. The summed E-state index contributed by atoms with van der Waals surface area (Å²) in [5.41, 5.74) is 0. The van der Waals surface area contributed by atoms with E-state index >= 15 is 0 Å². The summed E-state index contributed by atoms with van der Waals surface area (Å²) in [5, 5.41) is 6.53. The zero-order chi connectivity index (χ0) is 14.8. The molecule has 3 rings (SSSR count). The molecule has 1 fully saturated rings. The second-order valence-electron chi connectivity index (χ2n) is 5.51. The molecule has 2 aromatic heterocycles. The molecule has 0 bridgehead atoms. The predicted molar refractivity (Wildman–Crippen MR) is 86.9 cm³/mol. The zero-order valence-electron chi connectivity index (χ0n) is 12.8. The Balaban J connectivity index is 1.82. The molecule has 114 valence electrons. The summed E-state index contributed by atoms with van der Waals surface area (Å²) in [5.74, 6) is 1.82. The summed E-state index contributed by atoms with van der Waals surface area (Å²) in [4.78, 5) is 12.8. The molecule has 2 atom stereocenters. The highest BCUT2D eigenvalue weighted by atomic mass is 32.1. The van der Waals surface area contributed by atoms with Gasteiger partial charge in [0.15, 0.2) is 0 Å². The molecule has 21 heavy (non-hydrogen) atoms. The molecule has 3 heterocycles. The molecule has 0 aromatic carbocycles. The van der Waals surface area contributed by atoms with E-state index in [1.807, 2.05) is 0 Å². The first-order valence-electron chi connectivity index (χ1n) is 7.49. The third-order valence-corrected chi connectivity index (χ3v) is 4.82. The molecule has 2 unspecified atom stereocenters. The number of nitrogens with zero attached hydrogens (tertiary/aromatic N) is 3. The van der Waals surface area contributed by atoms with Gasteiger partial charge in [-0.25, -0.2) is 9.97 Å². The lowest BCUT2D eigenvalue weighted by Crippen LogP contribution is -2.36. The first kappa shape index (κ1) is 14.7. The first-order chi connectivity index (χ1) is 10.2. The number of hydrogen-bond donors (Lipinski definition) is 1. The van der Waals surface area contributed by atoms with Crippen LogP contribution in [0.15, 0.2) is 11.4 Å². The van der Waals surface area contributed by atoms with Gasteiger partial charge in [0.05, 0.1) is 18.0 Å². The fourth-order valence-electron chi connectivity index (χ4n) is 2.91. The molecule has 1 N–H and O–H groups in total. The minimum absolute atomic E-state index is 0.286. The summed E-state index contributed by atoms with van der Waals surface area (Å²) >= 11 is 1.67. The quantitative estimate of drug-likeness (QED) is 0.920. The van der Waals surface area contributed by atoms with Crippen LogP contribution in [0.25, 0.3) is 10.2 Å². The lowest BCUT2D eigenvalue weighted by atomic mass is 10.1. The van der Waals surface area contributed by atoms with Crippen molar-refractivity contribution < 1.29 is 4.74 Å². The monoisotopic (exact) mass is 306 g/mol. The minimum atomic E-state index is 0.286. The summed E-state index contributed by atoms with van der Waals surface area (Å²) in [6.45, 7) is 6.70. The number of thiophene rings is 1. The van der Waals surface area contributed by atoms with Crippen molar-refractivity contribution in [1.29, 1.82) is 0 Å². The van der Waals surface area contributed by atoms with Gasteiger partial charge in [0.25, 0.3) is 0 Å². The number of aromatic nitrogens is 2. The van der Waals surface area contributed by atoms with Gasteiger partial charge in [0, 0.05) is 19.2 Å². The zero-order valence-corrected chi connectivity index (χ0v) is 13.6. The lowest BCUT2D eigenvalue weighted by Gasteiger charge is -2.25. The molecule has 2 aromatic rings. The molecule has 0 amide bonds. The Morgan fingerprint density at radius 2 is 2.33 bits per heavy atom. The van der Waals surface area contributed by atoms with Gasteiger partial charge in [-0.2, -0.15) is 0 Å². The van der Waals surface area contributed by atoms with Crippen molar-refractivity contribution >= 4 is 27.4 Å². The Morgan fingerprint density at radius 3 is 3.05 bits per heavy atom. The number of likely N-dealkylation sites (N-methyl/N-ethyl adjacent to an activating group) is 1. The first-order valence-corrected chi connectivity index (χ1v) is 8.37. The van der Waals surface area contributed by atoms with E-state index in [9.17, 15) is 0 Å². The number of nitrogens with one attached hydrogen (secondary N) is 1. The van der Waals surface area contributed by atoms with Crippen LogP contribution >= 0.6 is 11.3 Å². The predicted octanol–water partition coefficient (Wildman–Crippen LogP) is 2.73.